The van der Waals surface area contributed by atoms with Crippen LogP contribution in [0.15, 0.2) is 60.8 Å². The first-order valence-corrected chi connectivity index (χ1v) is 11.2. The topological polar surface area (TPSA) is 69.5 Å². The number of nitrogens with zero attached hydrogens (tertiary/aromatic N) is 5. The second kappa shape index (κ2) is 7.45. The largest absolute Gasteiger partial charge is 0.351 e. The summed E-state index contributed by atoms with van der Waals surface area (Å²) in [5, 5.41) is 6.60. The molecule has 0 atom stereocenters. The number of imidazole rings is 1. The number of anilines is 1. The van der Waals surface area contributed by atoms with E-state index in [4.69, 9.17) is 0 Å². The van der Waals surface area contributed by atoms with Crippen molar-refractivity contribution in [3.8, 4) is 11.3 Å². The lowest BCUT2D eigenvalue weighted by atomic mass is 10.2. The maximum absolute atomic E-state index is 13.2. The summed E-state index contributed by atoms with van der Waals surface area (Å²) in [4.78, 5) is 25.6. The third kappa shape index (κ3) is 3.31. The summed E-state index contributed by atoms with van der Waals surface area (Å²) < 4.78 is 14.9. The maximum atomic E-state index is 13.2. The average Bonchev–Trinajstić information content (AvgIpc) is 3.52. The molecule has 1 fully saturated rings. The molecule has 5 aromatic rings. The van der Waals surface area contributed by atoms with E-state index in [2.05, 4.69) is 20.0 Å². The molecule has 160 valence electrons. The third-order valence-electron chi connectivity index (χ3n) is 5.77. The van der Waals surface area contributed by atoms with Gasteiger partial charge in [0, 0.05) is 42.6 Å². The number of aromatic nitrogens is 4. The predicted molar refractivity (Wildman–Crippen MR) is 123 cm³/mol. The first kappa shape index (κ1) is 19.0. The Kier molecular flexibility index (Phi) is 4.43. The van der Waals surface area contributed by atoms with Gasteiger partial charge in [0.25, 0.3) is 5.91 Å². The van der Waals surface area contributed by atoms with Crippen molar-refractivity contribution in [2.75, 3.05) is 31.1 Å². The van der Waals surface area contributed by atoms with E-state index in [0.717, 1.165) is 32.3 Å². The number of fused-ring (bicyclic) bond motifs is 2. The number of nitrogens with one attached hydrogen (secondary N) is 1. The fraction of sp³-hybridized carbons (Fsp3) is 0.174. The van der Waals surface area contributed by atoms with Crippen LogP contribution in [0.3, 0.4) is 0 Å². The molecule has 1 aliphatic heterocycles. The number of piperazine rings is 1. The Morgan fingerprint density at radius 1 is 1.03 bits per heavy atom. The molecule has 9 heteroatoms. The van der Waals surface area contributed by atoms with Crippen LogP contribution in [-0.4, -0.2) is 56.6 Å². The number of para-hydroxylation sites is 1. The Labute approximate surface area is 186 Å². The summed E-state index contributed by atoms with van der Waals surface area (Å²) in [5.41, 5.74) is 3.22. The normalized spacial score (nSPS) is 14.5. The zero-order valence-electron chi connectivity index (χ0n) is 17.0. The number of hydrogen-bond donors (Lipinski definition) is 1. The van der Waals surface area contributed by atoms with Crippen molar-refractivity contribution in [1.29, 1.82) is 0 Å². The Morgan fingerprint density at radius 2 is 1.81 bits per heavy atom. The van der Waals surface area contributed by atoms with Crippen molar-refractivity contribution >= 4 is 38.2 Å². The van der Waals surface area contributed by atoms with Crippen LogP contribution in [0.25, 0.3) is 27.1 Å². The molecular formula is C23H19FN6OS. The van der Waals surface area contributed by atoms with Gasteiger partial charge < -0.3 is 14.8 Å². The van der Waals surface area contributed by atoms with Crippen LogP contribution in [0.1, 0.15) is 10.5 Å². The number of H-pyrrole nitrogens is 1. The molecule has 2 aromatic carbocycles. The van der Waals surface area contributed by atoms with Crippen molar-refractivity contribution in [3.05, 3.63) is 72.3 Å². The lowest BCUT2D eigenvalue weighted by Gasteiger charge is -2.34. The lowest BCUT2D eigenvalue weighted by molar-refractivity contribution is 0.0742. The van der Waals surface area contributed by atoms with Crippen molar-refractivity contribution in [1.82, 2.24) is 24.5 Å². The van der Waals surface area contributed by atoms with Gasteiger partial charge in [-0.3, -0.25) is 4.79 Å². The molecule has 1 aliphatic rings. The quantitative estimate of drug-likeness (QED) is 0.454. The number of carbonyl (C=O) groups excluding carboxylic acids is 1. The van der Waals surface area contributed by atoms with Gasteiger partial charge in [0.1, 0.15) is 11.5 Å². The molecule has 0 saturated carbocycles. The molecule has 0 radical (unpaired) electrons. The highest BCUT2D eigenvalue weighted by Gasteiger charge is 2.25. The van der Waals surface area contributed by atoms with Gasteiger partial charge in [-0.1, -0.05) is 29.5 Å². The summed E-state index contributed by atoms with van der Waals surface area (Å²) >= 11 is 1.51. The minimum Gasteiger partial charge on any atom is -0.351 e. The number of aromatic amines is 1. The number of rotatable bonds is 3. The van der Waals surface area contributed by atoms with Crippen molar-refractivity contribution in [2.45, 2.75) is 0 Å². The minimum atomic E-state index is -0.266. The Balaban J connectivity index is 1.15. The van der Waals surface area contributed by atoms with Crippen LogP contribution in [0.5, 0.6) is 0 Å². The van der Waals surface area contributed by atoms with E-state index in [1.807, 2.05) is 41.4 Å². The first-order chi connectivity index (χ1) is 15.6. The van der Waals surface area contributed by atoms with Crippen molar-refractivity contribution < 1.29 is 9.18 Å². The minimum absolute atomic E-state index is 0.0266. The number of amides is 1. The van der Waals surface area contributed by atoms with Crippen LogP contribution in [-0.2, 0) is 0 Å². The first-order valence-electron chi connectivity index (χ1n) is 10.4. The van der Waals surface area contributed by atoms with Gasteiger partial charge in [-0.15, -0.1) is 5.10 Å². The van der Waals surface area contributed by atoms with E-state index in [1.165, 1.54) is 23.5 Å². The number of benzene rings is 2. The van der Waals surface area contributed by atoms with Crippen LogP contribution in [0, 0.1) is 5.82 Å². The number of halogens is 1. The van der Waals surface area contributed by atoms with Gasteiger partial charge in [-0.25, -0.2) is 13.9 Å². The standard InChI is InChI=1S/C23H19FN6OS/c24-17-7-5-15(6-8-17)20-14-30-22(26-20)32-23(27-30)29-11-9-28(10-12-29)21(31)19-13-16-3-1-2-4-18(16)25-19/h1-8,13-14,25H,9-12H2. The summed E-state index contributed by atoms with van der Waals surface area (Å²) in [6.45, 7) is 2.70. The fourth-order valence-electron chi connectivity index (χ4n) is 4.04. The molecule has 1 saturated heterocycles. The Morgan fingerprint density at radius 3 is 2.56 bits per heavy atom. The number of carbonyl (C=O) groups is 1. The van der Waals surface area contributed by atoms with E-state index in [9.17, 15) is 9.18 Å². The summed E-state index contributed by atoms with van der Waals surface area (Å²) in [7, 11) is 0. The molecule has 0 unspecified atom stereocenters. The fourth-order valence-corrected chi connectivity index (χ4v) is 4.97. The molecule has 7 nitrogen and oxygen atoms in total. The highest BCUT2D eigenvalue weighted by molar-refractivity contribution is 7.20. The van der Waals surface area contributed by atoms with Crippen molar-refractivity contribution in [2.24, 2.45) is 0 Å². The molecule has 0 bridgehead atoms. The van der Waals surface area contributed by atoms with Gasteiger partial charge in [0.05, 0.1) is 11.9 Å². The molecular weight excluding hydrogens is 427 g/mol. The Bertz CT molecular complexity index is 1360. The average molecular weight is 447 g/mol. The lowest BCUT2D eigenvalue weighted by Crippen LogP contribution is -2.48. The summed E-state index contributed by atoms with van der Waals surface area (Å²) in [6, 6.07) is 16.1. The van der Waals surface area contributed by atoms with Crippen LogP contribution in [0.4, 0.5) is 9.52 Å². The van der Waals surface area contributed by atoms with Gasteiger partial charge in [-0.2, -0.15) is 0 Å². The predicted octanol–water partition coefficient (Wildman–Crippen LogP) is 4.04. The van der Waals surface area contributed by atoms with E-state index in [0.29, 0.717) is 31.9 Å². The highest BCUT2D eigenvalue weighted by atomic mass is 32.1. The van der Waals surface area contributed by atoms with Crippen molar-refractivity contribution in [3.63, 3.8) is 0 Å². The smallest absolute Gasteiger partial charge is 0.270 e. The molecule has 6 rings (SSSR count). The van der Waals surface area contributed by atoms with Crippen LogP contribution in [0.2, 0.25) is 0 Å². The molecule has 1 amide bonds. The van der Waals surface area contributed by atoms with Gasteiger partial charge in [-0.05, 0) is 36.4 Å². The third-order valence-corrected chi connectivity index (χ3v) is 6.75. The monoisotopic (exact) mass is 446 g/mol. The van der Waals surface area contributed by atoms with Crippen LogP contribution < -0.4 is 4.90 Å². The van der Waals surface area contributed by atoms with Crippen LogP contribution >= 0.6 is 11.3 Å². The summed E-state index contributed by atoms with van der Waals surface area (Å²) in [5.74, 6) is -0.240. The molecule has 1 N–H and O–H groups in total. The summed E-state index contributed by atoms with van der Waals surface area (Å²) in [6.07, 6.45) is 1.86. The van der Waals surface area contributed by atoms with E-state index >= 15 is 0 Å². The second-order valence-corrected chi connectivity index (χ2v) is 8.73. The molecule has 32 heavy (non-hydrogen) atoms. The van der Waals surface area contributed by atoms with Gasteiger partial charge in [0.2, 0.25) is 10.1 Å². The van der Waals surface area contributed by atoms with Gasteiger partial charge >= 0.3 is 0 Å². The SMILES string of the molecule is O=C(c1cc2ccccc2[nH]1)N1CCN(c2nn3cc(-c4ccc(F)cc4)nc3s2)CC1. The molecule has 0 spiro atoms. The molecule has 0 aliphatic carbocycles. The maximum Gasteiger partial charge on any atom is 0.270 e. The molecule has 4 heterocycles. The molecule has 3 aromatic heterocycles. The second-order valence-electron chi connectivity index (χ2n) is 7.79. The Hall–Kier alpha value is -3.72. The van der Waals surface area contributed by atoms with E-state index in [-0.39, 0.29) is 11.7 Å². The van der Waals surface area contributed by atoms with E-state index in [1.54, 1.807) is 16.6 Å². The zero-order valence-corrected chi connectivity index (χ0v) is 17.8. The highest BCUT2D eigenvalue weighted by Crippen LogP contribution is 2.28. The number of hydrogen-bond acceptors (Lipinski definition) is 5. The van der Waals surface area contributed by atoms with E-state index < -0.39 is 0 Å². The zero-order chi connectivity index (χ0) is 21.7. The van der Waals surface area contributed by atoms with Gasteiger partial charge in [0.15, 0.2) is 0 Å².